The molecule has 0 saturated heterocycles. The molecule has 0 aromatic carbocycles. The van der Waals surface area contributed by atoms with Crippen LogP contribution in [0.25, 0.3) is 0 Å². The summed E-state index contributed by atoms with van der Waals surface area (Å²) in [5.41, 5.74) is 0. The van der Waals surface area contributed by atoms with Crippen molar-refractivity contribution in [2.45, 2.75) is 46.0 Å². The van der Waals surface area contributed by atoms with Gasteiger partial charge >= 0.3 is 5.97 Å². The van der Waals surface area contributed by atoms with Crippen LogP contribution in [0.3, 0.4) is 0 Å². The van der Waals surface area contributed by atoms with Crippen LogP contribution >= 0.6 is 0 Å². The Bertz CT molecular complexity index is 172. The zero-order valence-corrected chi connectivity index (χ0v) is 9.67. The second-order valence-electron chi connectivity index (χ2n) is 3.59. The van der Waals surface area contributed by atoms with Crippen molar-refractivity contribution in [3.63, 3.8) is 0 Å². The number of hydrogen-bond acceptors (Lipinski definition) is 3. The Balaban J connectivity index is 2.99. The van der Waals surface area contributed by atoms with Crippen LogP contribution in [-0.2, 0) is 14.3 Å². The van der Waals surface area contributed by atoms with E-state index in [1.54, 1.807) is 0 Å². The fourth-order valence-electron chi connectivity index (χ4n) is 1.24. The minimum Gasteiger partial charge on any atom is -0.466 e. The third kappa shape index (κ3) is 12.9. The average Bonchev–Trinajstić information content (AvgIpc) is 2.14. The van der Waals surface area contributed by atoms with Crippen molar-refractivity contribution >= 4 is 11.9 Å². The highest BCUT2D eigenvalue weighted by Crippen LogP contribution is 2.02. The van der Waals surface area contributed by atoms with E-state index in [9.17, 15) is 9.59 Å². The van der Waals surface area contributed by atoms with Gasteiger partial charge in [-0.3, -0.25) is 9.59 Å². The van der Waals surface area contributed by atoms with E-state index in [1.165, 1.54) is 13.8 Å². The fraction of sp³-hybridized carbons (Fsp3) is 0.818. The van der Waals surface area contributed by atoms with Gasteiger partial charge in [0.2, 0.25) is 5.91 Å². The zero-order chi connectivity index (χ0) is 11.5. The molecule has 0 unspecified atom stereocenters. The molecule has 0 heterocycles. The molecule has 1 N–H and O–H groups in total. The normalized spacial score (nSPS) is 9.73. The van der Waals surface area contributed by atoms with Gasteiger partial charge in [-0.25, -0.2) is 0 Å². The van der Waals surface area contributed by atoms with Crippen molar-refractivity contribution in [3.8, 4) is 0 Å². The van der Waals surface area contributed by atoms with E-state index in [1.807, 2.05) is 0 Å². The molecule has 0 aromatic rings. The highest BCUT2D eigenvalue weighted by molar-refractivity contribution is 5.72. The largest absolute Gasteiger partial charge is 0.466 e. The number of esters is 1. The average molecular weight is 215 g/mol. The first-order valence-electron chi connectivity index (χ1n) is 5.50. The second kappa shape index (κ2) is 9.49. The first-order chi connectivity index (χ1) is 7.13. The summed E-state index contributed by atoms with van der Waals surface area (Å²) in [6.45, 7) is 4.24. The molecule has 0 spiro atoms. The second-order valence-corrected chi connectivity index (χ2v) is 3.59. The van der Waals surface area contributed by atoms with Crippen molar-refractivity contribution in [1.82, 2.24) is 5.32 Å². The van der Waals surface area contributed by atoms with Crippen LogP contribution in [0.2, 0.25) is 0 Å². The lowest BCUT2D eigenvalue weighted by atomic mass is 10.1. The molecule has 15 heavy (non-hydrogen) atoms. The quantitative estimate of drug-likeness (QED) is 0.494. The third-order valence-electron chi connectivity index (χ3n) is 2.00. The van der Waals surface area contributed by atoms with Crippen molar-refractivity contribution in [1.29, 1.82) is 0 Å². The first kappa shape index (κ1) is 13.9. The van der Waals surface area contributed by atoms with Crippen LogP contribution in [0.5, 0.6) is 0 Å². The van der Waals surface area contributed by atoms with Gasteiger partial charge in [-0.05, 0) is 12.8 Å². The lowest BCUT2D eigenvalue weighted by Gasteiger charge is -2.03. The van der Waals surface area contributed by atoms with Gasteiger partial charge in [-0.1, -0.05) is 19.3 Å². The number of carbonyl (C=O) groups excluding carboxylic acids is 2. The number of rotatable bonds is 8. The van der Waals surface area contributed by atoms with Crippen LogP contribution in [0.4, 0.5) is 0 Å². The Morgan fingerprint density at radius 1 is 1.00 bits per heavy atom. The van der Waals surface area contributed by atoms with Gasteiger partial charge in [0.25, 0.3) is 0 Å². The summed E-state index contributed by atoms with van der Waals surface area (Å²) >= 11 is 0. The minimum atomic E-state index is -0.208. The van der Waals surface area contributed by atoms with Crippen LogP contribution in [0.15, 0.2) is 0 Å². The molecular formula is C11H21NO3. The standard InChI is InChI=1S/C11H21NO3/c1-10(13)12-8-6-4-3-5-7-9-15-11(2)14/h3-9H2,1-2H3,(H,12,13). The number of ether oxygens (including phenoxy) is 1. The van der Waals surface area contributed by atoms with E-state index in [4.69, 9.17) is 4.74 Å². The van der Waals surface area contributed by atoms with E-state index < -0.39 is 0 Å². The smallest absolute Gasteiger partial charge is 0.302 e. The van der Waals surface area contributed by atoms with Gasteiger partial charge in [-0.15, -0.1) is 0 Å². The van der Waals surface area contributed by atoms with Crippen molar-refractivity contribution < 1.29 is 14.3 Å². The minimum absolute atomic E-state index is 0.0323. The Kier molecular flexibility index (Phi) is 8.82. The van der Waals surface area contributed by atoms with Crippen LogP contribution < -0.4 is 5.32 Å². The fourth-order valence-corrected chi connectivity index (χ4v) is 1.24. The number of hydrogen-bond donors (Lipinski definition) is 1. The lowest BCUT2D eigenvalue weighted by molar-refractivity contribution is -0.141. The Hall–Kier alpha value is -1.06. The molecule has 0 aliphatic heterocycles. The Morgan fingerprint density at radius 2 is 1.60 bits per heavy atom. The van der Waals surface area contributed by atoms with Gasteiger partial charge in [0.05, 0.1) is 6.61 Å². The lowest BCUT2D eigenvalue weighted by Crippen LogP contribution is -2.20. The Morgan fingerprint density at radius 3 is 2.20 bits per heavy atom. The van der Waals surface area contributed by atoms with Gasteiger partial charge in [0.15, 0.2) is 0 Å². The molecule has 0 atom stereocenters. The summed E-state index contributed by atoms with van der Waals surface area (Å²) in [5, 5.41) is 2.75. The van der Waals surface area contributed by atoms with E-state index >= 15 is 0 Å². The van der Waals surface area contributed by atoms with Gasteiger partial charge in [0, 0.05) is 20.4 Å². The molecule has 0 rings (SSSR count). The number of amides is 1. The summed E-state index contributed by atoms with van der Waals surface area (Å²) in [4.78, 5) is 20.9. The maximum Gasteiger partial charge on any atom is 0.302 e. The molecule has 0 aliphatic carbocycles. The molecule has 0 bridgehead atoms. The van der Waals surface area contributed by atoms with Gasteiger partial charge in [0.1, 0.15) is 0 Å². The SMILES string of the molecule is CC(=O)NCCCCCCCOC(C)=O. The van der Waals surface area contributed by atoms with Crippen LogP contribution in [0.1, 0.15) is 46.0 Å². The Labute approximate surface area is 91.4 Å². The van der Waals surface area contributed by atoms with E-state index in [2.05, 4.69) is 5.32 Å². The summed E-state index contributed by atoms with van der Waals surface area (Å²) in [7, 11) is 0. The number of unbranched alkanes of at least 4 members (excludes halogenated alkanes) is 4. The van der Waals surface area contributed by atoms with E-state index in [-0.39, 0.29) is 11.9 Å². The molecule has 0 aliphatic rings. The van der Waals surface area contributed by atoms with Crippen molar-refractivity contribution in [3.05, 3.63) is 0 Å². The maximum atomic E-state index is 10.5. The predicted molar refractivity (Wildman–Crippen MR) is 58.4 cm³/mol. The van der Waals surface area contributed by atoms with Crippen LogP contribution in [-0.4, -0.2) is 25.0 Å². The number of carbonyl (C=O) groups is 2. The summed E-state index contributed by atoms with van der Waals surface area (Å²) in [6, 6.07) is 0. The molecule has 0 saturated carbocycles. The number of nitrogens with one attached hydrogen (secondary N) is 1. The van der Waals surface area contributed by atoms with Crippen molar-refractivity contribution in [2.75, 3.05) is 13.2 Å². The molecule has 0 radical (unpaired) electrons. The molecule has 0 aromatic heterocycles. The molecule has 1 amide bonds. The van der Waals surface area contributed by atoms with Crippen LogP contribution in [0, 0.1) is 0 Å². The molecule has 88 valence electrons. The monoisotopic (exact) mass is 215 g/mol. The molecule has 4 heteroatoms. The van der Waals surface area contributed by atoms with Gasteiger partial charge < -0.3 is 10.1 Å². The van der Waals surface area contributed by atoms with Crippen molar-refractivity contribution in [2.24, 2.45) is 0 Å². The molecular weight excluding hydrogens is 194 g/mol. The zero-order valence-electron chi connectivity index (χ0n) is 9.67. The van der Waals surface area contributed by atoms with E-state index in [0.717, 1.165) is 38.6 Å². The topological polar surface area (TPSA) is 55.4 Å². The highest BCUT2D eigenvalue weighted by Gasteiger charge is 1.94. The summed E-state index contributed by atoms with van der Waals surface area (Å²) < 4.78 is 4.81. The maximum absolute atomic E-state index is 10.5. The van der Waals surface area contributed by atoms with Gasteiger partial charge in [-0.2, -0.15) is 0 Å². The van der Waals surface area contributed by atoms with E-state index in [0.29, 0.717) is 6.61 Å². The summed E-state index contributed by atoms with van der Waals surface area (Å²) in [5.74, 6) is -0.175. The third-order valence-corrected chi connectivity index (χ3v) is 2.00. The predicted octanol–water partition coefficient (Wildman–Crippen LogP) is 1.64. The summed E-state index contributed by atoms with van der Waals surface area (Å²) in [6.07, 6.45) is 5.27. The molecule has 0 fully saturated rings. The highest BCUT2D eigenvalue weighted by atomic mass is 16.5. The first-order valence-corrected chi connectivity index (χ1v) is 5.50. The molecule has 4 nitrogen and oxygen atoms in total.